The zero-order valence-electron chi connectivity index (χ0n) is 10.1. The summed E-state index contributed by atoms with van der Waals surface area (Å²) in [7, 11) is 0. The molecule has 0 aliphatic carbocycles. The van der Waals surface area contributed by atoms with Crippen molar-refractivity contribution in [2.75, 3.05) is 0 Å². The van der Waals surface area contributed by atoms with E-state index in [1.165, 1.54) is 11.3 Å². The van der Waals surface area contributed by atoms with E-state index < -0.39 is 17.7 Å². The summed E-state index contributed by atoms with van der Waals surface area (Å²) in [5.41, 5.74) is 5.86. The zero-order valence-corrected chi connectivity index (χ0v) is 12.5. The largest absolute Gasteiger partial charge is 0.480 e. The van der Waals surface area contributed by atoms with Crippen LogP contribution in [0.5, 0.6) is 5.75 Å². The lowest BCUT2D eigenvalue weighted by Gasteiger charge is -2.21. The SMILES string of the molecule is CC(N)C(Oc1cc(F)ccc1F)c1cc(Br)cs1. The van der Waals surface area contributed by atoms with Crippen LogP contribution in [0.2, 0.25) is 0 Å². The van der Waals surface area contributed by atoms with E-state index in [0.717, 1.165) is 27.5 Å². The Balaban J connectivity index is 2.29. The molecule has 19 heavy (non-hydrogen) atoms. The fraction of sp³-hybridized carbons (Fsp3) is 0.231. The average Bonchev–Trinajstić information content (AvgIpc) is 2.76. The summed E-state index contributed by atoms with van der Waals surface area (Å²) in [5.74, 6) is -1.29. The van der Waals surface area contributed by atoms with Crippen LogP contribution in [0.4, 0.5) is 8.78 Å². The summed E-state index contributed by atoms with van der Waals surface area (Å²) in [6.07, 6.45) is -0.521. The molecule has 1 heterocycles. The van der Waals surface area contributed by atoms with Crippen molar-refractivity contribution in [2.24, 2.45) is 5.73 Å². The highest BCUT2D eigenvalue weighted by Crippen LogP contribution is 2.32. The number of ether oxygens (including phenoxy) is 1. The number of halogens is 3. The molecule has 2 unspecified atom stereocenters. The molecule has 1 aromatic carbocycles. The Morgan fingerprint density at radius 1 is 1.32 bits per heavy atom. The highest BCUT2D eigenvalue weighted by molar-refractivity contribution is 9.10. The lowest BCUT2D eigenvalue weighted by Crippen LogP contribution is -2.28. The molecule has 0 amide bonds. The van der Waals surface area contributed by atoms with Crippen LogP contribution in [0.3, 0.4) is 0 Å². The van der Waals surface area contributed by atoms with Gasteiger partial charge in [0.1, 0.15) is 11.9 Å². The summed E-state index contributed by atoms with van der Waals surface area (Å²) >= 11 is 4.79. The van der Waals surface area contributed by atoms with Crippen LogP contribution in [-0.2, 0) is 0 Å². The zero-order chi connectivity index (χ0) is 14.0. The molecular weight excluding hydrogens is 336 g/mol. The van der Waals surface area contributed by atoms with E-state index in [9.17, 15) is 8.78 Å². The van der Waals surface area contributed by atoms with Crippen molar-refractivity contribution in [3.63, 3.8) is 0 Å². The molecule has 0 saturated heterocycles. The lowest BCUT2D eigenvalue weighted by molar-refractivity contribution is 0.175. The predicted molar refractivity (Wildman–Crippen MR) is 75.4 cm³/mol. The number of nitrogens with two attached hydrogens (primary N) is 1. The van der Waals surface area contributed by atoms with Crippen LogP contribution in [0, 0.1) is 11.6 Å². The minimum atomic E-state index is -0.609. The van der Waals surface area contributed by atoms with E-state index in [2.05, 4.69) is 15.9 Å². The molecule has 0 radical (unpaired) electrons. The highest BCUT2D eigenvalue weighted by atomic mass is 79.9. The molecule has 2 rings (SSSR count). The van der Waals surface area contributed by atoms with Crippen molar-refractivity contribution in [2.45, 2.75) is 19.1 Å². The molecule has 2 aromatic rings. The third-order valence-corrected chi connectivity index (χ3v) is 4.25. The minimum absolute atomic E-state index is 0.133. The molecule has 6 heteroatoms. The molecule has 2 N–H and O–H groups in total. The molecule has 2 nitrogen and oxygen atoms in total. The summed E-state index contributed by atoms with van der Waals surface area (Å²) < 4.78 is 33.1. The van der Waals surface area contributed by atoms with Gasteiger partial charge >= 0.3 is 0 Å². The van der Waals surface area contributed by atoms with Crippen LogP contribution in [0.25, 0.3) is 0 Å². The molecule has 0 aliphatic rings. The molecule has 0 fully saturated rings. The van der Waals surface area contributed by atoms with E-state index >= 15 is 0 Å². The molecule has 1 aromatic heterocycles. The van der Waals surface area contributed by atoms with E-state index in [1.807, 2.05) is 11.4 Å². The van der Waals surface area contributed by atoms with Gasteiger partial charge in [-0.1, -0.05) is 0 Å². The monoisotopic (exact) mass is 347 g/mol. The van der Waals surface area contributed by atoms with Gasteiger partial charge in [-0.25, -0.2) is 8.78 Å². The summed E-state index contributed by atoms with van der Waals surface area (Å²) in [6.45, 7) is 1.76. The number of hydrogen-bond acceptors (Lipinski definition) is 3. The van der Waals surface area contributed by atoms with Gasteiger partial charge in [0, 0.05) is 26.8 Å². The van der Waals surface area contributed by atoms with Crippen LogP contribution >= 0.6 is 27.3 Å². The van der Waals surface area contributed by atoms with Crippen molar-refractivity contribution in [1.29, 1.82) is 0 Å². The number of rotatable bonds is 4. The lowest BCUT2D eigenvalue weighted by atomic mass is 10.1. The smallest absolute Gasteiger partial charge is 0.165 e. The molecular formula is C13H12BrF2NOS. The second-order valence-corrected chi connectivity index (χ2v) is 6.00. The van der Waals surface area contributed by atoms with Gasteiger partial charge in [-0.3, -0.25) is 0 Å². The first-order valence-corrected chi connectivity index (χ1v) is 7.26. The van der Waals surface area contributed by atoms with E-state index in [4.69, 9.17) is 10.5 Å². The maximum Gasteiger partial charge on any atom is 0.165 e. The molecule has 0 bridgehead atoms. The standard InChI is InChI=1S/C13H12BrF2NOS/c1-7(17)13(12-4-8(14)6-19-12)18-11-5-9(15)2-3-10(11)16/h2-7,13H,17H2,1H3. The summed E-state index contributed by atoms with van der Waals surface area (Å²) in [6, 6.07) is 4.61. The van der Waals surface area contributed by atoms with Gasteiger partial charge in [-0.15, -0.1) is 11.3 Å². The topological polar surface area (TPSA) is 35.2 Å². The van der Waals surface area contributed by atoms with Gasteiger partial charge in [0.15, 0.2) is 11.6 Å². The maximum atomic E-state index is 13.6. The van der Waals surface area contributed by atoms with Crippen molar-refractivity contribution >= 4 is 27.3 Å². The predicted octanol–water partition coefficient (Wildman–Crippen LogP) is 4.26. The van der Waals surface area contributed by atoms with Gasteiger partial charge in [-0.2, -0.15) is 0 Å². The molecule has 102 valence electrons. The van der Waals surface area contributed by atoms with Crippen molar-refractivity contribution in [3.05, 3.63) is 50.6 Å². The van der Waals surface area contributed by atoms with Crippen LogP contribution in [0.15, 0.2) is 34.1 Å². The summed E-state index contributed by atoms with van der Waals surface area (Å²) in [5, 5.41) is 1.88. The van der Waals surface area contributed by atoms with Gasteiger partial charge in [-0.05, 0) is 41.1 Å². The van der Waals surface area contributed by atoms with E-state index in [0.29, 0.717) is 0 Å². The minimum Gasteiger partial charge on any atom is -0.480 e. The Hall–Kier alpha value is -0.980. The fourth-order valence-electron chi connectivity index (χ4n) is 1.61. The fourth-order valence-corrected chi connectivity index (χ4v) is 3.19. The van der Waals surface area contributed by atoms with Crippen molar-refractivity contribution in [1.82, 2.24) is 0 Å². The Kier molecular flexibility index (Phi) is 4.54. The van der Waals surface area contributed by atoms with Crippen LogP contribution in [0.1, 0.15) is 17.9 Å². The summed E-state index contributed by atoms with van der Waals surface area (Å²) in [4.78, 5) is 0.852. The van der Waals surface area contributed by atoms with Gasteiger partial charge in [0.2, 0.25) is 0 Å². The Labute approximate surface area is 122 Å². The van der Waals surface area contributed by atoms with Gasteiger partial charge in [0.25, 0.3) is 0 Å². The maximum absolute atomic E-state index is 13.6. The number of hydrogen-bond donors (Lipinski definition) is 1. The first kappa shape index (κ1) is 14.4. The van der Waals surface area contributed by atoms with Crippen LogP contribution < -0.4 is 10.5 Å². The molecule has 0 saturated carbocycles. The van der Waals surface area contributed by atoms with E-state index in [-0.39, 0.29) is 11.8 Å². The van der Waals surface area contributed by atoms with E-state index in [1.54, 1.807) is 6.92 Å². The van der Waals surface area contributed by atoms with Gasteiger partial charge < -0.3 is 10.5 Å². The van der Waals surface area contributed by atoms with Gasteiger partial charge in [0.05, 0.1) is 0 Å². The third kappa shape index (κ3) is 3.52. The Morgan fingerprint density at radius 2 is 2.05 bits per heavy atom. The quantitative estimate of drug-likeness (QED) is 0.896. The van der Waals surface area contributed by atoms with Crippen LogP contribution in [-0.4, -0.2) is 6.04 Å². The highest BCUT2D eigenvalue weighted by Gasteiger charge is 2.21. The molecule has 0 spiro atoms. The third-order valence-electron chi connectivity index (χ3n) is 2.49. The Bertz CT molecular complexity index is 574. The number of thiophene rings is 1. The Morgan fingerprint density at radius 3 is 2.63 bits per heavy atom. The van der Waals surface area contributed by atoms with Crippen molar-refractivity contribution < 1.29 is 13.5 Å². The van der Waals surface area contributed by atoms with Crippen molar-refractivity contribution in [3.8, 4) is 5.75 Å². The molecule has 2 atom stereocenters. The average molecular weight is 348 g/mol. The first-order valence-electron chi connectivity index (χ1n) is 5.58. The number of benzene rings is 1. The first-order chi connectivity index (χ1) is 8.97. The second-order valence-electron chi connectivity index (χ2n) is 4.14. The second kappa shape index (κ2) is 5.98. The normalized spacial score (nSPS) is 14.2. The molecule has 0 aliphatic heterocycles.